The summed E-state index contributed by atoms with van der Waals surface area (Å²) in [5.74, 6) is 6.65. The summed E-state index contributed by atoms with van der Waals surface area (Å²) < 4.78 is 1.07. The quantitative estimate of drug-likeness (QED) is 0.487. The molecule has 0 unspecified atom stereocenters. The number of anilines is 2. The number of rotatable bonds is 4. The van der Waals surface area contributed by atoms with Crippen molar-refractivity contribution in [1.82, 2.24) is 9.97 Å². The Morgan fingerprint density at radius 3 is 2.71 bits per heavy atom. The molecule has 0 fully saturated rings. The van der Waals surface area contributed by atoms with Crippen molar-refractivity contribution >= 4 is 49.2 Å². The van der Waals surface area contributed by atoms with Gasteiger partial charge >= 0.3 is 0 Å². The molecule has 0 bridgehead atoms. The first kappa shape index (κ1) is 14.2. The third-order valence-electron chi connectivity index (χ3n) is 3.02. The Balaban J connectivity index is 1.90. The Kier molecular flexibility index (Phi) is 4.05. The van der Waals surface area contributed by atoms with E-state index in [0.717, 1.165) is 20.5 Å². The average Bonchev–Trinajstić information content (AvgIpc) is 2.86. The predicted molar refractivity (Wildman–Crippen MR) is 91.4 cm³/mol. The highest BCUT2D eigenvalue weighted by molar-refractivity contribution is 9.10. The predicted octanol–water partition coefficient (Wildman–Crippen LogP) is 3.66. The van der Waals surface area contributed by atoms with Gasteiger partial charge in [0.1, 0.15) is 10.6 Å². The molecule has 0 spiro atoms. The Morgan fingerprint density at radius 2 is 2.00 bits per heavy atom. The van der Waals surface area contributed by atoms with Crippen molar-refractivity contribution in [2.24, 2.45) is 5.84 Å². The van der Waals surface area contributed by atoms with Gasteiger partial charge in [-0.2, -0.15) is 4.98 Å². The topological polar surface area (TPSA) is 75.9 Å². The third kappa shape index (κ3) is 3.15. The molecule has 2 aromatic heterocycles. The van der Waals surface area contributed by atoms with Gasteiger partial charge in [-0.3, -0.25) is 5.43 Å². The van der Waals surface area contributed by atoms with E-state index in [1.54, 1.807) is 11.3 Å². The van der Waals surface area contributed by atoms with Crippen LogP contribution in [0.3, 0.4) is 0 Å². The molecule has 0 saturated carbocycles. The second kappa shape index (κ2) is 5.97. The van der Waals surface area contributed by atoms with Crippen LogP contribution >= 0.6 is 27.3 Å². The van der Waals surface area contributed by atoms with Crippen LogP contribution in [0.25, 0.3) is 10.2 Å². The summed E-state index contributed by atoms with van der Waals surface area (Å²) in [6, 6.07) is 10.3. The van der Waals surface area contributed by atoms with Crippen molar-refractivity contribution in [1.29, 1.82) is 0 Å². The zero-order chi connectivity index (χ0) is 14.8. The molecule has 108 valence electrons. The SMILES string of the molecule is Cc1cc2c(NCc3ccc(Br)cc3)nc(NN)nc2s1. The van der Waals surface area contributed by atoms with Crippen molar-refractivity contribution in [3.05, 3.63) is 45.2 Å². The number of aryl methyl sites for hydroxylation is 1. The van der Waals surface area contributed by atoms with E-state index in [-0.39, 0.29) is 0 Å². The maximum atomic E-state index is 5.44. The molecule has 0 aliphatic carbocycles. The van der Waals surface area contributed by atoms with E-state index in [4.69, 9.17) is 5.84 Å². The molecule has 0 aliphatic heterocycles. The minimum absolute atomic E-state index is 0.419. The molecule has 0 amide bonds. The van der Waals surface area contributed by atoms with Crippen LogP contribution in [0, 0.1) is 6.92 Å². The molecule has 7 heteroatoms. The summed E-state index contributed by atoms with van der Waals surface area (Å²) in [5.41, 5.74) is 3.69. The second-order valence-corrected chi connectivity index (χ2v) is 6.75. The van der Waals surface area contributed by atoms with Gasteiger partial charge in [0.2, 0.25) is 5.95 Å². The Morgan fingerprint density at radius 1 is 1.24 bits per heavy atom. The lowest BCUT2D eigenvalue weighted by molar-refractivity contribution is 1.09. The van der Waals surface area contributed by atoms with E-state index >= 15 is 0 Å². The maximum absolute atomic E-state index is 5.44. The fourth-order valence-corrected chi connectivity index (χ4v) is 3.17. The molecule has 0 aliphatic rings. The summed E-state index contributed by atoms with van der Waals surface area (Å²) in [4.78, 5) is 10.9. The van der Waals surface area contributed by atoms with Crippen LogP contribution in [0.2, 0.25) is 0 Å². The molecular formula is C14H14BrN5S. The molecule has 5 nitrogen and oxygen atoms in total. The molecule has 3 aromatic rings. The zero-order valence-corrected chi connectivity index (χ0v) is 13.8. The smallest absolute Gasteiger partial charge is 0.240 e. The number of aromatic nitrogens is 2. The van der Waals surface area contributed by atoms with Crippen LogP contribution in [0.15, 0.2) is 34.8 Å². The number of hydrazine groups is 1. The lowest BCUT2D eigenvalue weighted by atomic mass is 10.2. The number of nitrogens with zero attached hydrogens (tertiary/aromatic N) is 2. The highest BCUT2D eigenvalue weighted by Gasteiger charge is 2.10. The first-order valence-electron chi connectivity index (χ1n) is 6.39. The molecule has 0 radical (unpaired) electrons. The van der Waals surface area contributed by atoms with Gasteiger partial charge in [-0.1, -0.05) is 28.1 Å². The zero-order valence-electron chi connectivity index (χ0n) is 11.4. The van der Waals surface area contributed by atoms with Crippen molar-refractivity contribution in [3.63, 3.8) is 0 Å². The number of hydrogen-bond donors (Lipinski definition) is 3. The average molecular weight is 364 g/mol. The number of thiophene rings is 1. The lowest BCUT2D eigenvalue weighted by Gasteiger charge is -2.08. The molecule has 3 rings (SSSR count). The third-order valence-corrected chi connectivity index (χ3v) is 4.49. The van der Waals surface area contributed by atoms with E-state index in [1.807, 2.05) is 12.1 Å². The number of nitrogen functional groups attached to an aromatic ring is 1. The standard InChI is InChI=1S/C14H14BrN5S/c1-8-6-11-12(18-14(20-16)19-13(11)21-8)17-7-9-2-4-10(15)5-3-9/h2-6H,7,16H2,1H3,(H2,17,18,19,20). The first-order chi connectivity index (χ1) is 10.2. The Labute approximate surface area is 134 Å². The summed E-state index contributed by atoms with van der Waals surface area (Å²) in [6.07, 6.45) is 0. The molecular weight excluding hydrogens is 350 g/mol. The van der Waals surface area contributed by atoms with Crippen LogP contribution in [0.4, 0.5) is 11.8 Å². The molecule has 4 N–H and O–H groups in total. The van der Waals surface area contributed by atoms with Gasteiger partial charge in [0, 0.05) is 15.9 Å². The normalized spacial score (nSPS) is 10.8. The summed E-state index contributed by atoms with van der Waals surface area (Å²) >= 11 is 5.06. The monoisotopic (exact) mass is 363 g/mol. The fraction of sp³-hybridized carbons (Fsp3) is 0.143. The number of hydrogen-bond acceptors (Lipinski definition) is 6. The second-order valence-electron chi connectivity index (χ2n) is 4.60. The molecule has 0 atom stereocenters. The van der Waals surface area contributed by atoms with Gasteiger partial charge in [-0.15, -0.1) is 11.3 Å². The number of halogens is 1. The van der Waals surface area contributed by atoms with E-state index in [2.05, 4.69) is 61.8 Å². The van der Waals surface area contributed by atoms with Gasteiger partial charge in [-0.05, 0) is 30.7 Å². The van der Waals surface area contributed by atoms with E-state index in [1.165, 1.54) is 10.4 Å². The number of nitrogens with two attached hydrogens (primary N) is 1. The minimum atomic E-state index is 0.419. The molecule has 2 heterocycles. The van der Waals surface area contributed by atoms with Gasteiger partial charge in [0.25, 0.3) is 0 Å². The van der Waals surface area contributed by atoms with E-state index < -0.39 is 0 Å². The van der Waals surface area contributed by atoms with Crippen LogP contribution in [0.1, 0.15) is 10.4 Å². The van der Waals surface area contributed by atoms with Crippen molar-refractivity contribution in [3.8, 4) is 0 Å². The van der Waals surface area contributed by atoms with E-state index in [9.17, 15) is 0 Å². The number of fused-ring (bicyclic) bond motifs is 1. The van der Waals surface area contributed by atoms with Crippen molar-refractivity contribution < 1.29 is 0 Å². The number of nitrogens with one attached hydrogen (secondary N) is 2. The van der Waals surface area contributed by atoms with Crippen LogP contribution in [0.5, 0.6) is 0 Å². The molecule has 21 heavy (non-hydrogen) atoms. The number of benzene rings is 1. The first-order valence-corrected chi connectivity index (χ1v) is 8.00. The van der Waals surface area contributed by atoms with Crippen molar-refractivity contribution in [2.75, 3.05) is 10.7 Å². The van der Waals surface area contributed by atoms with E-state index in [0.29, 0.717) is 12.5 Å². The minimum Gasteiger partial charge on any atom is -0.365 e. The van der Waals surface area contributed by atoms with Gasteiger partial charge in [0.15, 0.2) is 0 Å². The van der Waals surface area contributed by atoms with Crippen LogP contribution in [-0.4, -0.2) is 9.97 Å². The van der Waals surface area contributed by atoms with Gasteiger partial charge in [0.05, 0.1) is 5.39 Å². The van der Waals surface area contributed by atoms with Crippen LogP contribution < -0.4 is 16.6 Å². The van der Waals surface area contributed by atoms with Gasteiger partial charge < -0.3 is 5.32 Å². The highest BCUT2D eigenvalue weighted by atomic mass is 79.9. The largest absolute Gasteiger partial charge is 0.365 e. The maximum Gasteiger partial charge on any atom is 0.240 e. The Hall–Kier alpha value is -1.70. The fourth-order valence-electron chi connectivity index (χ4n) is 2.03. The molecule has 1 aromatic carbocycles. The summed E-state index contributed by atoms with van der Waals surface area (Å²) in [6.45, 7) is 2.75. The lowest BCUT2D eigenvalue weighted by Crippen LogP contribution is -2.12. The van der Waals surface area contributed by atoms with Crippen molar-refractivity contribution in [2.45, 2.75) is 13.5 Å². The highest BCUT2D eigenvalue weighted by Crippen LogP contribution is 2.29. The summed E-state index contributed by atoms with van der Waals surface area (Å²) in [5, 5.41) is 4.38. The van der Waals surface area contributed by atoms with Crippen LogP contribution in [-0.2, 0) is 6.54 Å². The van der Waals surface area contributed by atoms with Gasteiger partial charge in [-0.25, -0.2) is 10.8 Å². The summed E-state index contributed by atoms with van der Waals surface area (Å²) in [7, 11) is 0. The Bertz CT molecular complexity index is 769. The molecule has 0 saturated heterocycles.